The van der Waals surface area contributed by atoms with Gasteiger partial charge in [0, 0.05) is 35.7 Å². The smallest absolute Gasteiger partial charge is 0.271 e. The van der Waals surface area contributed by atoms with Gasteiger partial charge < -0.3 is 10.3 Å². The van der Waals surface area contributed by atoms with E-state index < -0.39 is 26.1 Å². The van der Waals surface area contributed by atoms with Crippen LogP contribution in [0.3, 0.4) is 0 Å². The molecule has 0 amide bonds. The van der Waals surface area contributed by atoms with E-state index in [9.17, 15) is 17.6 Å². The number of anilines is 2. The third-order valence-corrected chi connectivity index (χ3v) is 7.28. The highest BCUT2D eigenvalue weighted by Crippen LogP contribution is 2.27. The Morgan fingerprint density at radius 3 is 2.76 bits per heavy atom. The Kier molecular flexibility index (Phi) is 4.91. The van der Waals surface area contributed by atoms with Crippen LogP contribution in [0.1, 0.15) is 0 Å². The molecule has 0 aliphatic rings. The van der Waals surface area contributed by atoms with Gasteiger partial charge >= 0.3 is 0 Å². The summed E-state index contributed by atoms with van der Waals surface area (Å²) in [6.45, 7) is 0. The summed E-state index contributed by atoms with van der Waals surface area (Å²) in [4.78, 5) is 24.0. The van der Waals surface area contributed by atoms with E-state index in [1.54, 1.807) is 0 Å². The monoisotopic (exact) mass is 483 g/mol. The number of rotatable bonds is 4. The van der Waals surface area contributed by atoms with E-state index in [-0.39, 0.29) is 21.5 Å². The number of sulfone groups is 1. The maximum absolute atomic E-state index is 13.5. The predicted molar refractivity (Wildman–Crippen MR) is 123 cm³/mol. The Morgan fingerprint density at radius 2 is 1.97 bits per heavy atom. The number of H-pyrrole nitrogens is 1. The normalized spacial score (nSPS) is 11.8. The average molecular weight is 484 g/mol. The molecule has 11 heteroatoms. The fourth-order valence-electron chi connectivity index (χ4n) is 3.56. The van der Waals surface area contributed by atoms with Gasteiger partial charge in [-0.15, -0.1) is 0 Å². The molecule has 0 atom stereocenters. The number of aromatic nitrogens is 4. The fourth-order valence-corrected chi connectivity index (χ4v) is 5.22. The highest BCUT2D eigenvalue weighted by molar-refractivity contribution is 7.91. The molecule has 0 saturated carbocycles. The first-order valence-electron chi connectivity index (χ1n) is 9.66. The van der Waals surface area contributed by atoms with Crippen molar-refractivity contribution in [3.8, 4) is 0 Å². The van der Waals surface area contributed by atoms with Crippen LogP contribution in [0.5, 0.6) is 0 Å². The number of pyridine rings is 1. The minimum Gasteiger partial charge on any atom is -0.361 e. The van der Waals surface area contributed by atoms with Crippen molar-refractivity contribution in [1.29, 1.82) is 0 Å². The molecule has 33 heavy (non-hydrogen) atoms. The molecule has 3 aromatic heterocycles. The molecule has 166 valence electrons. The van der Waals surface area contributed by atoms with Gasteiger partial charge in [-0.1, -0.05) is 17.7 Å². The van der Waals surface area contributed by atoms with Gasteiger partial charge in [0.1, 0.15) is 16.4 Å². The SMILES string of the molecule is Cn1c(=O)c(S(=O)(=O)c2ccc(F)c(Cl)c2)cc2cnc(Nc3cccc4[nH]ccc34)nc21. The van der Waals surface area contributed by atoms with Gasteiger partial charge in [0.2, 0.25) is 15.8 Å². The Balaban J connectivity index is 1.60. The molecule has 2 N–H and O–H groups in total. The Hall–Kier alpha value is -3.76. The molecular weight excluding hydrogens is 469 g/mol. The summed E-state index contributed by atoms with van der Waals surface area (Å²) in [5.74, 6) is -0.516. The molecule has 8 nitrogen and oxygen atoms in total. The van der Waals surface area contributed by atoms with Crippen molar-refractivity contribution in [2.45, 2.75) is 9.79 Å². The molecular formula is C22H15ClFN5O3S. The third kappa shape index (κ3) is 3.53. The number of aryl methyl sites for hydroxylation is 1. The molecule has 0 unspecified atom stereocenters. The topological polar surface area (TPSA) is 110 Å². The van der Waals surface area contributed by atoms with E-state index in [1.165, 1.54) is 19.3 Å². The largest absolute Gasteiger partial charge is 0.361 e. The summed E-state index contributed by atoms with van der Waals surface area (Å²) >= 11 is 5.73. The fraction of sp³-hybridized carbons (Fsp3) is 0.0455. The molecule has 0 aliphatic carbocycles. The maximum atomic E-state index is 13.5. The molecule has 0 bridgehead atoms. The summed E-state index contributed by atoms with van der Waals surface area (Å²) in [6, 6.07) is 11.8. The Morgan fingerprint density at radius 1 is 1.15 bits per heavy atom. The van der Waals surface area contributed by atoms with Gasteiger partial charge in [-0.25, -0.2) is 17.8 Å². The van der Waals surface area contributed by atoms with Gasteiger partial charge in [0.05, 0.1) is 15.6 Å². The number of hydrogen-bond acceptors (Lipinski definition) is 6. The van der Waals surface area contributed by atoms with E-state index in [2.05, 4.69) is 20.3 Å². The summed E-state index contributed by atoms with van der Waals surface area (Å²) in [5, 5.41) is 4.05. The van der Waals surface area contributed by atoms with Crippen LogP contribution < -0.4 is 10.9 Å². The van der Waals surface area contributed by atoms with Crippen LogP contribution in [-0.4, -0.2) is 27.9 Å². The Bertz CT molecular complexity index is 1730. The number of nitrogens with one attached hydrogen (secondary N) is 2. The molecule has 0 radical (unpaired) electrons. The number of aromatic amines is 1. The maximum Gasteiger partial charge on any atom is 0.271 e. The first-order valence-corrected chi connectivity index (χ1v) is 11.5. The standard InChI is InChI=1S/C22H15ClFN5O3S/c1-29-20-12(9-19(21(29)30)33(31,32)13-5-6-16(24)15(23)10-13)11-26-22(28-20)27-18-4-2-3-17-14(18)7-8-25-17/h2-11,25H,1H3,(H,26,27,28). The van der Waals surface area contributed by atoms with Crippen molar-refractivity contribution in [1.82, 2.24) is 19.5 Å². The second kappa shape index (κ2) is 7.68. The van der Waals surface area contributed by atoms with E-state index in [0.717, 1.165) is 39.4 Å². The second-order valence-corrected chi connectivity index (χ2v) is 9.62. The number of benzene rings is 2. The predicted octanol–water partition coefficient (Wildman–Crippen LogP) is 4.18. The quantitative estimate of drug-likeness (QED) is 0.371. The van der Waals surface area contributed by atoms with Crippen LogP contribution in [0.4, 0.5) is 16.0 Å². The molecule has 3 heterocycles. The zero-order valence-electron chi connectivity index (χ0n) is 17.0. The van der Waals surface area contributed by atoms with Crippen molar-refractivity contribution in [3.63, 3.8) is 0 Å². The first-order chi connectivity index (χ1) is 15.8. The Labute approximate surface area is 191 Å². The number of nitrogens with zero attached hydrogens (tertiary/aromatic N) is 3. The molecule has 0 saturated heterocycles. The van der Waals surface area contributed by atoms with Crippen LogP contribution in [0, 0.1) is 5.82 Å². The first kappa shape index (κ1) is 21.1. The molecule has 5 rings (SSSR count). The van der Waals surface area contributed by atoms with E-state index >= 15 is 0 Å². The van der Waals surface area contributed by atoms with Crippen LogP contribution >= 0.6 is 11.6 Å². The summed E-state index contributed by atoms with van der Waals surface area (Å²) in [6.07, 6.45) is 3.25. The molecule has 0 aliphatic heterocycles. The lowest BCUT2D eigenvalue weighted by Gasteiger charge is -2.11. The van der Waals surface area contributed by atoms with Crippen LogP contribution in [0.25, 0.3) is 21.9 Å². The summed E-state index contributed by atoms with van der Waals surface area (Å²) in [7, 11) is -2.84. The highest BCUT2D eigenvalue weighted by Gasteiger charge is 2.25. The van der Waals surface area contributed by atoms with Gasteiger partial charge in [0.15, 0.2) is 0 Å². The van der Waals surface area contributed by atoms with Crippen molar-refractivity contribution in [2.75, 3.05) is 5.32 Å². The van der Waals surface area contributed by atoms with Crippen molar-refractivity contribution in [2.24, 2.45) is 7.05 Å². The molecule has 0 fully saturated rings. The minimum absolute atomic E-state index is 0.243. The number of hydrogen-bond donors (Lipinski definition) is 2. The van der Waals surface area contributed by atoms with E-state index in [4.69, 9.17) is 11.6 Å². The average Bonchev–Trinajstić information content (AvgIpc) is 3.28. The zero-order valence-corrected chi connectivity index (χ0v) is 18.6. The van der Waals surface area contributed by atoms with Crippen molar-refractivity contribution >= 4 is 55.0 Å². The summed E-state index contributed by atoms with van der Waals surface area (Å²) < 4.78 is 40.8. The van der Waals surface area contributed by atoms with Crippen LogP contribution in [-0.2, 0) is 16.9 Å². The lowest BCUT2D eigenvalue weighted by Crippen LogP contribution is -2.25. The van der Waals surface area contributed by atoms with Gasteiger partial charge in [-0.05, 0) is 42.5 Å². The highest BCUT2D eigenvalue weighted by atomic mass is 35.5. The van der Waals surface area contributed by atoms with Crippen molar-refractivity contribution < 1.29 is 12.8 Å². The lowest BCUT2D eigenvalue weighted by molar-refractivity contribution is 0.592. The van der Waals surface area contributed by atoms with Gasteiger partial charge in [-0.3, -0.25) is 9.36 Å². The van der Waals surface area contributed by atoms with Gasteiger partial charge in [0.25, 0.3) is 5.56 Å². The van der Waals surface area contributed by atoms with E-state index in [1.807, 2.05) is 30.5 Å². The molecule has 0 spiro atoms. The molecule has 2 aromatic carbocycles. The van der Waals surface area contributed by atoms with Crippen LogP contribution in [0.15, 0.2) is 75.5 Å². The third-order valence-electron chi connectivity index (χ3n) is 5.25. The zero-order chi connectivity index (χ0) is 23.3. The number of halogens is 2. The number of fused-ring (bicyclic) bond motifs is 2. The molecule has 5 aromatic rings. The summed E-state index contributed by atoms with van der Waals surface area (Å²) in [5.41, 5.74) is 1.17. The minimum atomic E-state index is -4.26. The van der Waals surface area contributed by atoms with E-state index in [0.29, 0.717) is 5.39 Å². The van der Waals surface area contributed by atoms with Crippen molar-refractivity contribution in [3.05, 3.63) is 82.1 Å². The van der Waals surface area contributed by atoms with Crippen LogP contribution in [0.2, 0.25) is 5.02 Å². The second-order valence-electron chi connectivity index (χ2n) is 7.29. The lowest BCUT2D eigenvalue weighted by atomic mass is 10.2. The van der Waals surface area contributed by atoms with Gasteiger partial charge in [-0.2, -0.15) is 4.98 Å².